The van der Waals surface area contributed by atoms with Crippen molar-refractivity contribution in [1.82, 2.24) is 40.4 Å². The van der Waals surface area contributed by atoms with Gasteiger partial charge in [0, 0.05) is 103 Å². The molecule has 57 heavy (non-hydrogen) atoms. The quantitative estimate of drug-likeness (QED) is 0.359. The lowest BCUT2D eigenvalue weighted by Gasteiger charge is -2.35. The largest absolute Gasteiger partial charge is 0.412 e. The molecule has 17 heteroatoms. The Morgan fingerprint density at radius 1 is 0.526 bits per heavy atom. The number of carbonyl (C=O) groups excluding carboxylic acids is 2. The van der Waals surface area contributed by atoms with Crippen LogP contribution in [0.25, 0.3) is 0 Å². The minimum atomic E-state index is 0. The second-order valence-electron chi connectivity index (χ2n) is 17.7. The van der Waals surface area contributed by atoms with Crippen LogP contribution in [0.2, 0.25) is 0 Å². The van der Waals surface area contributed by atoms with Crippen LogP contribution in [-0.4, -0.2) is 126 Å². The SMILES string of the molecule is Cl.Cl.Cl.Cl.O.O=C(NCCN1CCN(c2ncccn2)CC1)C12CC3CC(CC1C3)C2.O=C(NCCN1CCN(c2ncccn2)CC1)C12CC3CC(CC1C3)C2. The van der Waals surface area contributed by atoms with Crippen LogP contribution < -0.4 is 20.4 Å². The van der Waals surface area contributed by atoms with Gasteiger partial charge in [-0.15, -0.1) is 49.6 Å². The number of anilines is 2. The molecule has 2 amide bonds. The van der Waals surface area contributed by atoms with Crippen LogP contribution in [0, 0.1) is 46.3 Å². The van der Waals surface area contributed by atoms with E-state index in [1.54, 1.807) is 24.8 Å². The van der Waals surface area contributed by atoms with Crippen LogP contribution in [-0.2, 0) is 9.59 Å². The molecule has 0 radical (unpaired) electrons. The number of rotatable bonds is 10. The van der Waals surface area contributed by atoms with Gasteiger partial charge in [-0.2, -0.15) is 0 Å². The van der Waals surface area contributed by atoms with E-state index in [2.05, 4.69) is 50.2 Å². The highest BCUT2D eigenvalue weighted by molar-refractivity contribution is 5.86. The number of piperazine rings is 2. The predicted molar refractivity (Wildman–Crippen MR) is 232 cm³/mol. The summed E-state index contributed by atoms with van der Waals surface area (Å²) >= 11 is 0. The minimum Gasteiger partial charge on any atom is -0.412 e. The minimum absolute atomic E-state index is 0. The van der Waals surface area contributed by atoms with Crippen LogP contribution in [0.15, 0.2) is 36.9 Å². The van der Waals surface area contributed by atoms with Gasteiger partial charge in [0.25, 0.3) is 0 Å². The number of aromatic nitrogens is 4. The van der Waals surface area contributed by atoms with Crippen molar-refractivity contribution in [2.45, 2.75) is 64.2 Å². The molecular formula is C40H64Cl4N10O3. The molecule has 2 saturated heterocycles. The van der Waals surface area contributed by atoms with Crippen molar-refractivity contribution in [3.05, 3.63) is 36.9 Å². The molecule has 320 valence electrons. The maximum Gasteiger partial charge on any atom is 0.226 e. The molecule has 8 saturated carbocycles. The monoisotopic (exact) mass is 872 g/mol. The molecule has 4 heterocycles. The van der Waals surface area contributed by atoms with Crippen molar-refractivity contribution < 1.29 is 15.1 Å². The van der Waals surface area contributed by atoms with Gasteiger partial charge >= 0.3 is 0 Å². The standard InChI is InChI=1S/2C20H29N5O.4ClH.H2O/c2*26-18(20-13-15-10-16(14-20)12-17(20)11-15)21-4-5-24-6-8-25(9-7-24)19-22-2-1-3-23-19;;;;;/h2*1-3,15-17H,4-14H2,(H,21,26);4*1H;1H2. The Hall–Kier alpha value is -2.26. The zero-order valence-corrected chi connectivity index (χ0v) is 36.3. The molecule has 2 aromatic heterocycles. The lowest BCUT2D eigenvalue weighted by molar-refractivity contribution is -0.133. The Morgan fingerprint density at radius 2 is 0.842 bits per heavy atom. The summed E-state index contributed by atoms with van der Waals surface area (Å²) in [6, 6.07) is 3.70. The van der Waals surface area contributed by atoms with Crippen molar-refractivity contribution in [2.24, 2.45) is 46.3 Å². The normalized spacial score (nSPS) is 32.7. The van der Waals surface area contributed by atoms with E-state index >= 15 is 0 Å². The van der Waals surface area contributed by atoms with Crippen molar-refractivity contribution in [3.8, 4) is 0 Å². The Morgan fingerprint density at radius 3 is 1.16 bits per heavy atom. The summed E-state index contributed by atoms with van der Waals surface area (Å²) in [7, 11) is 0. The van der Waals surface area contributed by atoms with Gasteiger partial charge in [-0.05, 0) is 112 Å². The Labute approximate surface area is 363 Å². The second kappa shape index (κ2) is 20.3. The van der Waals surface area contributed by atoms with Gasteiger partial charge in [-0.1, -0.05) is 0 Å². The first-order valence-corrected chi connectivity index (χ1v) is 20.5. The molecule has 13 nitrogen and oxygen atoms in total. The molecule has 10 fully saturated rings. The van der Waals surface area contributed by atoms with Crippen LogP contribution in [0.3, 0.4) is 0 Å². The van der Waals surface area contributed by atoms with E-state index in [-0.39, 0.29) is 65.9 Å². The van der Waals surface area contributed by atoms with Gasteiger partial charge in [-0.3, -0.25) is 19.4 Å². The summed E-state index contributed by atoms with van der Waals surface area (Å²) < 4.78 is 0. The highest BCUT2D eigenvalue weighted by Gasteiger charge is 2.62. The summed E-state index contributed by atoms with van der Waals surface area (Å²) in [6.07, 6.45) is 19.9. The maximum atomic E-state index is 12.9. The fourth-order valence-corrected chi connectivity index (χ4v) is 12.6. The first-order chi connectivity index (χ1) is 25.5. The summed E-state index contributed by atoms with van der Waals surface area (Å²) in [5.41, 5.74) is 0.0217. The maximum absolute atomic E-state index is 12.9. The van der Waals surface area contributed by atoms with Gasteiger partial charge in [0.2, 0.25) is 23.7 Å². The van der Waals surface area contributed by atoms with Gasteiger partial charge in [0.1, 0.15) is 0 Å². The van der Waals surface area contributed by atoms with E-state index in [0.717, 1.165) is 140 Å². The Bertz CT molecular complexity index is 1430. The molecule has 0 aromatic carbocycles. The second-order valence-corrected chi connectivity index (χ2v) is 17.7. The predicted octanol–water partition coefficient (Wildman–Crippen LogP) is 3.94. The molecule has 8 bridgehead atoms. The number of carbonyl (C=O) groups is 2. The smallest absolute Gasteiger partial charge is 0.226 e. The number of nitrogens with one attached hydrogen (secondary N) is 2. The van der Waals surface area contributed by atoms with E-state index in [0.29, 0.717) is 23.7 Å². The molecule has 4 atom stereocenters. The van der Waals surface area contributed by atoms with Gasteiger partial charge in [0.05, 0.1) is 10.8 Å². The zero-order chi connectivity index (χ0) is 35.1. The highest BCUT2D eigenvalue weighted by atomic mass is 35.5. The molecule has 4 unspecified atom stereocenters. The van der Waals surface area contributed by atoms with Crippen LogP contribution in [0.1, 0.15) is 64.2 Å². The average Bonchev–Trinajstić information content (AvgIpc) is 3.79. The van der Waals surface area contributed by atoms with Crippen molar-refractivity contribution in [1.29, 1.82) is 0 Å². The summed E-state index contributed by atoms with van der Waals surface area (Å²) in [5, 5.41) is 6.60. The molecule has 10 aliphatic rings. The third kappa shape index (κ3) is 9.71. The fraction of sp³-hybridized carbons (Fsp3) is 0.750. The number of hydrogen-bond acceptors (Lipinski definition) is 10. The van der Waals surface area contributed by atoms with E-state index in [9.17, 15) is 9.59 Å². The lowest BCUT2D eigenvalue weighted by Crippen LogP contribution is -2.50. The van der Waals surface area contributed by atoms with Crippen molar-refractivity contribution in [2.75, 3.05) is 88.3 Å². The molecule has 4 N–H and O–H groups in total. The summed E-state index contributed by atoms with van der Waals surface area (Å²) in [6.45, 7) is 11.3. The first kappa shape index (κ1) is 47.4. The molecule has 2 aromatic rings. The first-order valence-electron chi connectivity index (χ1n) is 20.5. The van der Waals surface area contributed by atoms with Gasteiger partial charge < -0.3 is 25.9 Å². The zero-order valence-electron chi connectivity index (χ0n) is 33.0. The molecule has 12 rings (SSSR count). The Balaban J connectivity index is 0.000000232. The van der Waals surface area contributed by atoms with Crippen molar-refractivity contribution >= 4 is 73.3 Å². The molecular weight excluding hydrogens is 810 g/mol. The average molecular weight is 875 g/mol. The Kier molecular flexibility index (Phi) is 16.9. The van der Waals surface area contributed by atoms with E-state index < -0.39 is 0 Å². The topological polar surface area (TPSA) is 154 Å². The lowest BCUT2D eigenvalue weighted by atomic mass is 9.75. The fourth-order valence-electron chi connectivity index (χ4n) is 12.6. The van der Waals surface area contributed by atoms with E-state index in [1.165, 1.54) is 38.5 Å². The number of halogens is 4. The summed E-state index contributed by atoms with van der Waals surface area (Å²) in [4.78, 5) is 52.6. The van der Waals surface area contributed by atoms with Gasteiger partial charge in [-0.25, -0.2) is 19.9 Å². The van der Waals surface area contributed by atoms with Crippen LogP contribution in [0.4, 0.5) is 11.9 Å². The number of nitrogens with zero attached hydrogens (tertiary/aromatic N) is 8. The summed E-state index contributed by atoms with van der Waals surface area (Å²) in [5.74, 6) is 7.10. The van der Waals surface area contributed by atoms with Crippen LogP contribution in [0.5, 0.6) is 0 Å². The van der Waals surface area contributed by atoms with Crippen LogP contribution >= 0.6 is 49.6 Å². The molecule has 2 aliphatic heterocycles. The number of amides is 2. The van der Waals surface area contributed by atoms with E-state index in [1.807, 2.05) is 12.1 Å². The number of hydrogen-bond donors (Lipinski definition) is 2. The molecule has 0 spiro atoms. The third-order valence-electron chi connectivity index (χ3n) is 14.7. The van der Waals surface area contributed by atoms with Gasteiger partial charge in [0.15, 0.2) is 0 Å². The third-order valence-corrected chi connectivity index (χ3v) is 14.7. The molecule has 8 aliphatic carbocycles. The van der Waals surface area contributed by atoms with Crippen molar-refractivity contribution in [3.63, 3.8) is 0 Å². The highest BCUT2D eigenvalue weighted by Crippen LogP contribution is 2.66. The van der Waals surface area contributed by atoms with E-state index in [4.69, 9.17) is 0 Å².